The van der Waals surface area contributed by atoms with E-state index in [1.165, 1.54) is 4.31 Å². The van der Waals surface area contributed by atoms with Gasteiger partial charge in [0.2, 0.25) is 0 Å². The van der Waals surface area contributed by atoms with Gasteiger partial charge in [0.05, 0.1) is 6.10 Å². The molecule has 2 N–H and O–H groups in total. The van der Waals surface area contributed by atoms with Crippen LogP contribution < -0.4 is 4.72 Å². The van der Waals surface area contributed by atoms with E-state index >= 15 is 0 Å². The second-order valence-electron chi connectivity index (χ2n) is 5.37. The first kappa shape index (κ1) is 15.2. The van der Waals surface area contributed by atoms with Gasteiger partial charge in [-0.15, -0.1) is 0 Å². The number of hydrogen-bond acceptors (Lipinski definition) is 4. The van der Waals surface area contributed by atoms with E-state index < -0.39 is 10.2 Å². The zero-order valence-electron chi connectivity index (χ0n) is 11.3. The summed E-state index contributed by atoms with van der Waals surface area (Å²) in [5.41, 5.74) is 0. The van der Waals surface area contributed by atoms with Crippen LogP contribution in [0.25, 0.3) is 0 Å². The summed E-state index contributed by atoms with van der Waals surface area (Å²) in [7, 11) is -3.40. The van der Waals surface area contributed by atoms with Crippen molar-refractivity contribution in [3.05, 3.63) is 0 Å². The highest BCUT2D eigenvalue weighted by molar-refractivity contribution is 7.87. The molecule has 19 heavy (non-hydrogen) atoms. The summed E-state index contributed by atoms with van der Waals surface area (Å²) >= 11 is 0. The number of nitrogens with one attached hydrogen (secondary N) is 1. The molecule has 112 valence electrons. The Hall–Kier alpha value is -0.210. The van der Waals surface area contributed by atoms with E-state index in [2.05, 4.69) is 4.72 Å². The lowest BCUT2D eigenvalue weighted by Crippen LogP contribution is -2.47. The van der Waals surface area contributed by atoms with Crippen LogP contribution in [0.3, 0.4) is 0 Å². The van der Waals surface area contributed by atoms with Crippen LogP contribution in [0, 0.1) is 5.92 Å². The predicted octanol–water partition coefficient (Wildman–Crippen LogP) is 0.0942. The van der Waals surface area contributed by atoms with Crippen molar-refractivity contribution in [2.24, 2.45) is 5.92 Å². The summed E-state index contributed by atoms with van der Waals surface area (Å²) < 4.78 is 33.8. The number of rotatable bonds is 6. The van der Waals surface area contributed by atoms with Crippen LogP contribution in [0.2, 0.25) is 0 Å². The third-order valence-corrected chi connectivity index (χ3v) is 5.44. The minimum Gasteiger partial charge on any atom is -0.396 e. The molecule has 6 nitrogen and oxygen atoms in total. The van der Waals surface area contributed by atoms with Gasteiger partial charge in [-0.1, -0.05) is 0 Å². The third kappa shape index (κ3) is 4.39. The molecule has 2 atom stereocenters. The highest BCUT2D eigenvalue weighted by Gasteiger charge is 2.28. The normalized spacial score (nSPS) is 29.7. The van der Waals surface area contributed by atoms with Gasteiger partial charge in [0.15, 0.2) is 0 Å². The molecule has 0 aromatic heterocycles. The first-order chi connectivity index (χ1) is 9.12. The molecule has 2 aliphatic rings. The monoisotopic (exact) mass is 292 g/mol. The van der Waals surface area contributed by atoms with Crippen LogP contribution in [-0.4, -0.2) is 56.8 Å². The van der Waals surface area contributed by atoms with Gasteiger partial charge in [0.1, 0.15) is 0 Å². The quantitative estimate of drug-likeness (QED) is 0.727. The summed E-state index contributed by atoms with van der Waals surface area (Å²) in [5.74, 6) is 0.0727. The molecule has 0 bridgehead atoms. The predicted molar refractivity (Wildman–Crippen MR) is 71.9 cm³/mol. The summed E-state index contributed by atoms with van der Waals surface area (Å²) in [6.45, 7) is 2.24. The maximum atomic E-state index is 12.1. The molecule has 0 aromatic rings. The summed E-state index contributed by atoms with van der Waals surface area (Å²) in [5, 5.41) is 9.14. The fourth-order valence-corrected chi connectivity index (χ4v) is 4.04. The standard InChI is InChI=1S/C12H24N2O4S/c15-10-11-3-1-7-14(9-11)19(16,17)13-6-5-12-4-2-8-18-12/h11-13,15H,1-10H2. The van der Waals surface area contributed by atoms with Gasteiger partial charge in [0.25, 0.3) is 10.2 Å². The van der Waals surface area contributed by atoms with Crippen molar-refractivity contribution in [2.45, 2.75) is 38.2 Å². The molecule has 2 aliphatic heterocycles. The zero-order chi connectivity index (χ0) is 13.7. The molecule has 0 amide bonds. The zero-order valence-corrected chi connectivity index (χ0v) is 12.1. The fraction of sp³-hybridized carbons (Fsp3) is 1.00. The van der Waals surface area contributed by atoms with Crippen LogP contribution in [0.4, 0.5) is 0 Å². The SMILES string of the molecule is O=S(=O)(NCCC1CCCO1)N1CCCC(CO)C1. The molecule has 0 radical (unpaired) electrons. The van der Waals surface area contributed by atoms with Gasteiger partial charge in [-0.3, -0.25) is 0 Å². The number of aliphatic hydroxyl groups excluding tert-OH is 1. The highest BCUT2D eigenvalue weighted by atomic mass is 32.2. The van der Waals surface area contributed by atoms with Gasteiger partial charge in [-0.05, 0) is 38.0 Å². The molecule has 0 aliphatic carbocycles. The largest absolute Gasteiger partial charge is 0.396 e. The van der Waals surface area contributed by atoms with E-state index in [4.69, 9.17) is 9.84 Å². The molecule has 2 saturated heterocycles. The van der Waals surface area contributed by atoms with Crippen molar-refractivity contribution >= 4 is 10.2 Å². The van der Waals surface area contributed by atoms with E-state index in [9.17, 15) is 8.42 Å². The lowest BCUT2D eigenvalue weighted by Gasteiger charge is -2.31. The maximum absolute atomic E-state index is 12.1. The Morgan fingerprint density at radius 1 is 1.32 bits per heavy atom. The van der Waals surface area contributed by atoms with Gasteiger partial charge >= 0.3 is 0 Å². The van der Waals surface area contributed by atoms with E-state index in [-0.39, 0.29) is 18.6 Å². The Kier molecular flexibility index (Phi) is 5.58. The van der Waals surface area contributed by atoms with Crippen LogP contribution in [0.15, 0.2) is 0 Å². The van der Waals surface area contributed by atoms with Crippen molar-refractivity contribution in [2.75, 3.05) is 32.8 Å². The molecular weight excluding hydrogens is 268 g/mol. The number of hydrogen-bond donors (Lipinski definition) is 2. The van der Waals surface area contributed by atoms with Crippen molar-refractivity contribution in [1.29, 1.82) is 0 Å². The van der Waals surface area contributed by atoms with Gasteiger partial charge < -0.3 is 9.84 Å². The van der Waals surface area contributed by atoms with Gasteiger partial charge in [0, 0.05) is 32.8 Å². The van der Waals surface area contributed by atoms with Crippen molar-refractivity contribution in [3.8, 4) is 0 Å². The second kappa shape index (κ2) is 6.99. The molecule has 2 rings (SSSR count). The maximum Gasteiger partial charge on any atom is 0.279 e. The van der Waals surface area contributed by atoms with Crippen LogP contribution in [0.1, 0.15) is 32.1 Å². The first-order valence-corrected chi connectivity index (χ1v) is 8.53. The van der Waals surface area contributed by atoms with Crippen LogP contribution in [-0.2, 0) is 14.9 Å². The Morgan fingerprint density at radius 3 is 2.84 bits per heavy atom. The van der Waals surface area contributed by atoms with Crippen LogP contribution in [0.5, 0.6) is 0 Å². The molecule has 7 heteroatoms. The van der Waals surface area contributed by atoms with E-state index in [1.807, 2.05) is 0 Å². The molecule has 2 fully saturated rings. The fourth-order valence-electron chi connectivity index (χ4n) is 2.71. The lowest BCUT2D eigenvalue weighted by atomic mass is 10.0. The average Bonchev–Trinajstić information content (AvgIpc) is 2.92. The van der Waals surface area contributed by atoms with Crippen LogP contribution >= 0.6 is 0 Å². The molecule has 2 unspecified atom stereocenters. The Morgan fingerprint density at radius 2 is 2.16 bits per heavy atom. The minimum atomic E-state index is -3.40. The van der Waals surface area contributed by atoms with E-state index in [0.29, 0.717) is 19.6 Å². The molecule has 0 saturated carbocycles. The Balaban J connectivity index is 1.76. The summed E-state index contributed by atoms with van der Waals surface area (Å²) in [4.78, 5) is 0. The number of nitrogens with zero attached hydrogens (tertiary/aromatic N) is 1. The second-order valence-corrected chi connectivity index (χ2v) is 7.13. The number of ether oxygens (including phenoxy) is 1. The summed E-state index contributed by atoms with van der Waals surface area (Å²) in [6, 6.07) is 0. The van der Waals surface area contributed by atoms with Gasteiger partial charge in [-0.2, -0.15) is 12.7 Å². The highest BCUT2D eigenvalue weighted by Crippen LogP contribution is 2.18. The number of piperidine rings is 1. The smallest absolute Gasteiger partial charge is 0.279 e. The summed E-state index contributed by atoms with van der Waals surface area (Å²) in [6.07, 6.45) is 4.75. The Bertz CT molecular complexity index is 368. The van der Waals surface area contributed by atoms with Crippen molar-refractivity contribution in [3.63, 3.8) is 0 Å². The molecule has 2 heterocycles. The Labute approximate surface area is 115 Å². The first-order valence-electron chi connectivity index (χ1n) is 7.09. The van der Waals surface area contributed by atoms with E-state index in [1.54, 1.807) is 0 Å². The minimum absolute atomic E-state index is 0.0575. The van der Waals surface area contributed by atoms with Crippen molar-refractivity contribution < 1.29 is 18.3 Å². The molecule has 0 aromatic carbocycles. The molecular formula is C12H24N2O4S. The topological polar surface area (TPSA) is 78.9 Å². The van der Waals surface area contributed by atoms with Crippen molar-refractivity contribution in [1.82, 2.24) is 9.03 Å². The molecule has 0 spiro atoms. The average molecular weight is 292 g/mol. The number of aliphatic hydroxyl groups is 1. The lowest BCUT2D eigenvalue weighted by molar-refractivity contribution is 0.105. The van der Waals surface area contributed by atoms with E-state index in [0.717, 1.165) is 38.7 Å². The van der Waals surface area contributed by atoms with Gasteiger partial charge in [-0.25, -0.2) is 4.72 Å². The third-order valence-electron chi connectivity index (χ3n) is 3.85.